The number of rotatable bonds is 5. The molecule has 0 heterocycles. The molecule has 2 rings (SSSR count). The smallest absolute Gasteiger partial charge is 0.335 e. The highest BCUT2D eigenvalue weighted by Crippen LogP contribution is 2.32. The molecule has 1 aromatic rings. The summed E-state index contributed by atoms with van der Waals surface area (Å²) < 4.78 is 37.8. The summed E-state index contributed by atoms with van der Waals surface area (Å²) in [6.07, 6.45) is 5.67. The van der Waals surface area contributed by atoms with Crippen molar-refractivity contribution in [2.45, 2.75) is 12.8 Å². The summed E-state index contributed by atoms with van der Waals surface area (Å²) in [5, 5.41) is 0. The lowest BCUT2D eigenvalue weighted by Gasteiger charge is -2.15. The zero-order valence-corrected chi connectivity index (χ0v) is 12.7. The second-order valence-corrected chi connectivity index (χ2v) is 4.81. The number of carbonyl (C=O) groups is 2. The number of esters is 2. The number of hydrogen-bond acceptors (Lipinski definition) is 4. The van der Waals surface area contributed by atoms with Crippen LogP contribution in [-0.2, 0) is 14.3 Å². The van der Waals surface area contributed by atoms with Crippen LogP contribution in [-0.4, -0.2) is 11.9 Å². The van der Waals surface area contributed by atoms with Gasteiger partial charge in [0.05, 0.1) is 0 Å². The van der Waals surface area contributed by atoms with Crippen LogP contribution in [0.3, 0.4) is 0 Å². The first-order valence-corrected chi connectivity index (χ1v) is 7.03. The van der Waals surface area contributed by atoms with Crippen LogP contribution in [0.2, 0.25) is 0 Å². The van der Waals surface area contributed by atoms with Gasteiger partial charge in [-0.3, -0.25) is 0 Å². The van der Waals surface area contributed by atoms with Crippen LogP contribution in [0.4, 0.5) is 8.78 Å². The van der Waals surface area contributed by atoms with E-state index >= 15 is 0 Å². The Kier molecular flexibility index (Phi) is 5.42. The first-order valence-electron chi connectivity index (χ1n) is 7.03. The van der Waals surface area contributed by atoms with Crippen LogP contribution in [0.5, 0.6) is 5.75 Å². The second kappa shape index (κ2) is 7.50. The highest BCUT2D eigenvalue weighted by atomic mass is 19.2. The molecule has 6 heteroatoms. The van der Waals surface area contributed by atoms with Gasteiger partial charge >= 0.3 is 11.9 Å². The number of allylic oxidation sites excluding steroid dienone is 4. The lowest BCUT2D eigenvalue weighted by Crippen LogP contribution is -2.07. The zero-order chi connectivity index (χ0) is 17.7. The van der Waals surface area contributed by atoms with Crippen molar-refractivity contribution in [3.8, 4) is 5.75 Å². The van der Waals surface area contributed by atoms with Gasteiger partial charge in [-0.2, -0.15) is 4.39 Å². The third kappa shape index (κ3) is 3.84. The van der Waals surface area contributed by atoms with Gasteiger partial charge in [0.2, 0.25) is 5.82 Å². The standard InChI is InChI=1S/C18H14F2O4/c1-3-15(21)23-12-7-5-11(6-8-12)13-9-10-14(18(20)17(13)19)24-16(22)4-2/h3-5,7,9-10H,1-2,6,8H2. The first-order chi connectivity index (χ1) is 11.5. The molecule has 0 amide bonds. The molecule has 0 fully saturated rings. The molecule has 0 bridgehead atoms. The van der Waals surface area contributed by atoms with Crippen LogP contribution in [0.15, 0.2) is 55.4 Å². The number of carbonyl (C=O) groups excluding carboxylic acids is 2. The highest BCUT2D eigenvalue weighted by Gasteiger charge is 2.20. The molecule has 0 spiro atoms. The van der Waals surface area contributed by atoms with E-state index in [1.54, 1.807) is 6.08 Å². The third-order valence-electron chi connectivity index (χ3n) is 3.28. The molecule has 24 heavy (non-hydrogen) atoms. The van der Waals surface area contributed by atoms with E-state index < -0.39 is 29.3 Å². The maximum atomic E-state index is 14.2. The van der Waals surface area contributed by atoms with Crippen molar-refractivity contribution in [1.82, 2.24) is 0 Å². The number of ether oxygens (including phenoxy) is 2. The van der Waals surface area contributed by atoms with Gasteiger partial charge in [-0.25, -0.2) is 14.0 Å². The van der Waals surface area contributed by atoms with E-state index in [2.05, 4.69) is 17.9 Å². The molecule has 124 valence electrons. The normalized spacial score (nSPS) is 13.4. The van der Waals surface area contributed by atoms with Gasteiger partial charge in [0, 0.05) is 24.1 Å². The van der Waals surface area contributed by atoms with Crippen molar-refractivity contribution in [2.75, 3.05) is 0 Å². The van der Waals surface area contributed by atoms with Crippen molar-refractivity contribution in [1.29, 1.82) is 0 Å². The van der Waals surface area contributed by atoms with Crippen LogP contribution in [0, 0.1) is 11.6 Å². The second-order valence-electron chi connectivity index (χ2n) is 4.81. The monoisotopic (exact) mass is 332 g/mol. The van der Waals surface area contributed by atoms with Gasteiger partial charge < -0.3 is 9.47 Å². The predicted molar refractivity (Wildman–Crippen MR) is 83.8 cm³/mol. The quantitative estimate of drug-likeness (QED) is 0.467. The van der Waals surface area contributed by atoms with E-state index in [9.17, 15) is 18.4 Å². The minimum Gasteiger partial charge on any atom is -0.428 e. The first kappa shape index (κ1) is 17.3. The van der Waals surface area contributed by atoms with Gasteiger partial charge in [-0.15, -0.1) is 0 Å². The number of hydrogen-bond donors (Lipinski definition) is 0. The Morgan fingerprint density at radius 2 is 1.62 bits per heavy atom. The van der Waals surface area contributed by atoms with E-state index in [0.717, 1.165) is 12.2 Å². The predicted octanol–water partition coefficient (Wildman–Crippen LogP) is 3.85. The van der Waals surface area contributed by atoms with E-state index in [0.29, 0.717) is 24.2 Å². The Hall–Kier alpha value is -3.02. The Bertz CT molecular complexity index is 775. The van der Waals surface area contributed by atoms with E-state index in [4.69, 9.17) is 4.74 Å². The van der Waals surface area contributed by atoms with Crippen LogP contribution < -0.4 is 4.74 Å². The maximum Gasteiger partial charge on any atom is 0.335 e. The summed E-state index contributed by atoms with van der Waals surface area (Å²) in [5.41, 5.74) is 0.586. The number of halogens is 2. The van der Waals surface area contributed by atoms with Gasteiger partial charge in [-0.1, -0.05) is 19.2 Å². The average molecular weight is 332 g/mol. The van der Waals surface area contributed by atoms with Crippen LogP contribution in [0.1, 0.15) is 18.4 Å². The Morgan fingerprint density at radius 3 is 2.21 bits per heavy atom. The van der Waals surface area contributed by atoms with E-state index in [1.807, 2.05) is 0 Å². The van der Waals surface area contributed by atoms with Gasteiger partial charge in [-0.05, 0) is 30.2 Å². The summed E-state index contributed by atoms with van der Waals surface area (Å²) in [6, 6.07) is 2.50. The molecule has 0 unspecified atom stereocenters. The molecule has 1 aromatic carbocycles. The van der Waals surface area contributed by atoms with Crippen LogP contribution >= 0.6 is 0 Å². The molecule has 0 saturated carbocycles. The third-order valence-corrected chi connectivity index (χ3v) is 3.28. The Balaban J connectivity index is 2.25. The minimum atomic E-state index is -1.25. The fourth-order valence-corrected chi connectivity index (χ4v) is 2.11. The van der Waals surface area contributed by atoms with Gasteiger partial charge in [0.15, 0.2) is 11.6 Å². The molecule has 0 aromatic heterocycles. The van der Waals surface area contributed by atoms with Crippen molar-refractivity contribution >= 4 is 17.5 Å². The highest BCUT2D eigenvalue weighted by molar-refractivity contribution is 5.83. The topological polar surface area (TPSA) is 52.6 Å². The fraction of sp³-hybridized carbons (Fsp3) is 0.111. The van der Waals surface area contributed by atoms with Crippen molar-refractivity contribution in [3.05, 3.63) is 72.6 Å². The van der Waals surface area contributed by atoms with Crippen molar-refractivity contribution < 1.29 is 27.8 Å². The Labute approximate surface area is 137 Å². The average Bonchev–Trinajstić information content (AvgIpc) is 2.59. The van der Waals surface area contributed by atoms with Crippen molar-refractivity contribution in [2.24, 2.45) is 0 Å². The molecule has 0 radical (unpaired) electrons. The molecule has 1 aliphatic carbocycles. The largest absolute Gasteiger partial charge is 0.428 e. The summed E-state index contributed by atoms with van der Waals surface area (Å²) in [6.45, 7) is 6.48. The van der Waals surface area contributed by atoms with Crippen LogP contribution in [0.25, 0.3) is 5.57 Å². The van der Waals surface area contributed by atoms with Crippen molar-refractivity contribution in [3.63, 3.8) is 0 Å². The Morgan fingerprint density at radius 1 is 0.958 bits per heavy atom. The lowest BCUT2D eigenvalue weighted by atomic mass is 9.96. The zero-order valence-electron chi connectivity index (χ0n) is 12.7. The molecule has 0 atom stereocenters. The molecular formula is C18H14F2O4. The molecule has 0 aliphatic heterocycles. The SMILES string of the molecule is C=CC(=O)OC1=CC=C(c2ccc(OC(=O)C=C)c(F)c2F)CC1. The molecule has 4 nitrogen and oxygen atoms in total. The fourth-order valence-electron chi connectivity index (χ4n) is 2.11. The summed E-state index contributed by atoms with van der Waals surface area (Å²) in [4.78, 5) is 22.2. The van der Waals surface area contributed by atoms with Gasteiger partial charge in [0.25, 0.3) is 0 Å². The summed E-state index contributed by atoms with van der Waals surface area (Å²) in [5.74, 6) is -3.92. The summed E-state index contributed by atoms with van der Waals surface area (Å²) in [7, 11) is 0. The molecule has 1 aliphatic rings. The summed E-state index contributed by atoms with van der Waals surface area (Å²) >= 11 is 0. The lowest BCUT2D eigenvalue weighted by molar-refractivity contribution is -0.134. The molecule has 0 saturated heterocycles. The van der Waals surface area contributed by atoms with Gasteiger partial charge in [0.1, 0.15) is 5.76 Å². The number of benzene rings is 1. The molecule has 0 N–H and O–H groups in total. The van der Waals surface area contributed by atoms with E-state index in [1.165, 1.54) is 18.2 Å². The minimum absolute atomic E-state index is 0.0521. The molecular weight excluding hydrogens is 318 g/mol. The maximum absolute atomic E-state index is 14.2. The van der Waals surface area contributed by atoms with E-state index in [-0.39, 0.29) is 5.56 Å².